The number of benzene rings is 1. The van der Waals surface area contributed by atoms with E-state index in [4.69, 9.17) is 14.7 Å². The van der Waals surface area contributed by atoms with Crippen LogP contribution in [0, 0.1) is 12.3 Å². The fourth-order valence-electron chi connectivity index (χ4n) is 2.08. The fourth-order valence-corrected chi connectivity index (χ4v) is 2.08. The van der Waals surface area contributed by atoms with Crippen LogP contribution in [0.1, 0.15) is 38.8 Å². The molecule has 0 amide bonds. The molecule has 0 atom stereocenters. The second-order valence-corrected chi connectivity index (χ2v) is 5.81. The summed E-state index contributed by atoms with van der Waals surface area (Å²) in [4.78, 5) is 0. The molecule has 1 aliphatic rings. The summed E-state index contributed by atoms with van der Waals surface area (Å²) in [7, 11) is -0.397. The summed E-state index contributed by atoms with van der Waals surface area (Å²) in [5, 5.41) is 7.55. The van der Waals surface area contributed by atoms with Crippen molar-refractivity contribution in [1.29, 1.82) is 5.41 Å². The van der Waals surface area contributed by atoms with Crippen LogP contribution in [0.25, 0.3) is 0 Å². The first kappa shape index (κ1) is 13.3. The summed E-state index contributed by atoms with van der Waals surface area (Å²) in [5.41, 5.74) is 2.19. The van der Waals surface area contributed by atoms with E-state index < -0.39 is 7.12 Å². The highest BCUT2D eigenvalue weighted by atomic mass is 16.7. The third-order valence-corrected chi connectivity index (χ3v) is 4.01. The second kappa shape index (κ2) is 4.21. The minimum atomic E-state index is -0.397. The van der Waals surface area contributed by atoms with Crippen LogP contribution in [0.2, 0.25) is 0 Å². The Morgan fingerprint density at radius 2 is 1.67 bits per heavy atom. The quantitative estimate of drug-likeness (QED) is 0.641. The lowest BCUT2D eigenvalue weighted by molar-refractivity contribution is 0.00578. The Balaban J connectivity index is 2.41. The molecule has 0 bridgehead atoms. The molecule has 3 nitrogen and oxygen atoms in total. The molecule has 1 aromatic rings. The summed E-state index contributed by atoms with van der Waals surface area (Å²) < 4.78 is 12.0. The molecule has 2 rings (SSSR count). The van der Waals surface area contributed by atoms with Crippen molar-refractivity contribution in [2.24, 2.45) is 0 Å². The predicted octanol–water partition coefficient (Wildman–Crippen LogP) is 2.29. The van der Waals surface area contributed by atoms with Crippen molar-refractivity contribution in [2.75, 3.05) is 0 Å². The Hall–Kier alpha value is -1.13. The highest BCUT2D eigenvalue weighted by Crippen LogP contribution is 2.36. The van der Waals surface area contributed by atoms with Crippen LogP contribution in [-0.2, 0) is 9.31 Å². The number of hydrogen-bond acceptors (Lipinski definition) is 3. The topological polar surface area (TPSA) is 42.3 Å². The zero-order valence-corrected chi connectivity index (χ0v) is 11.7. The first-order chi connectivity index (χ1) is 8.28. The Morgan fingerprint density at radius 3 is 2.17 bits per heavy atom. The number of aryl methyl sites for hydroxylation is 1. The van der Waals surface area contributed by atoms with Gasteiger partial charge < -0.3 is 14.7 Å². The fraction of sp³-hybridized carbons (Fsp3) is 0.500. The Morgan fingerprint density at radius 1 is 1.11 bits per heavy atom. The van der Waals surface area contributed by atoms with E-state index in [1.165, 1.54) is 6.21 Å². The Kier molecular flexibility index (Phi) is 3.12. The monoisotopic (exact) mass is 245 g/mol. The Labute approximate surface area is 109 Å². The van der Waals surface area contributed by atoms with E-state index in [1.807, 2.05) is 52.8 Å². The van der Waals surface area contributed by atoms with Crippen LogP contribution in [0.4, 0.5) is 0 Å². The van der Waals surface area contributed by atoms with Crippen LogP contribution in [0.15, 0.2) is 18.2 Å². The highest BCUT2D eigenvalue weighted by Gasteiger charge is 2.52. The van der Waals surface area contributed by atoms with Gasteiger partial charge in [-0.25, -0.2) is 0 Å². The first-order valence-corrected chi connectivity index (χ1v) is 6.24. The molecule has 0 saturated carbocycles. The van der Waals surface area contributed by atoms with Gasteiger partial charge in [-0.1, -0.05) is 18.2 Å². The zero-order chi connectivity index (χ0) is 13.6. The lowest BCUT2D eigenvalue weighted by atomic mass is 9.75. The van der Waals surface area contributed by atoms with Gasteiger partial charge in [0.25, 0.3) is 0 Å². The van der Waals surface area contributed by atoms with Crippen LogP contribution < -0.4 is 5.46 Å². The lowest BCUT2D eigenvalue weighted by Crippen LogP contribution is -2.41. The van der Waals surface area contributed by atoms with Gasteiger partial charge in [0.15, 0.2) is 0 Å². The number of hydrogen-bond donors (Lipinski definition) is 1. The lowest BCUT2D eigenvalue weighted by Gasteiger charge is -2.32. The van der Waals surface area contributed by atoms with E-state index in [1.54, 1.807) is 0 Å². The maximum Gasteiger partial charge on any atom is 0.495 e. The van der Waals surface area contributed by atoms with E-state index >= 15 is 0 Å². The average Bonchev–Trinajstić information content (AvgIpc) is 2.47. The van der Waals surface area contributed by atoms with Gasteiger partial charge in [-0.05, 0) is 51.2 Å². The largest absolute Gasteiger partial charge is 0.495 e. The summed E-state index contributed by atoms with van der Waals surface area (Å²) in [5.74, 6) is 0. The molecule has 1 N–H and O–H groups in total. The molecule has 0 unspecified atom stereocenters. The molecule has 0 aromatic heterocycles. The molecule has 1 aromatic carbocycles. The van der Waals surface area contributed by atoms with Crippen molar-refractivity contribution in [3.05, 3.63) is 29.3 Å². The first-order valence-electron chi connectivity index (χ1n) is 6.24. The molecular weight excluding hydrogens is 225 g/mol. The van der Waals surface area contributed by atoms with Gasteiger partial charge in [0.2, 0.25) is 0 Å². The molecule has 1 fully saturated rings. The molecule has 1 aliphatic heterocycles. The van der Waals surface area contributed by atoms with Crippen molar-refractivity contribution in [3.8, 4) is 0 Å². The highest BCUT2D eigenvalue weighted by molar-refractivity contribution is 6.63. The molecular formula is C14H20BNO2. The van der Waals surface area contributed by atoms with Crippen molar-refractivity contribution < 1.29 is 9.31 Å². The van der Waals surface area contributed by atoms with Crippen LogP contribution in [0.3, 0.4) is 0 Å². The van der Waals surface area contributed by atoms with Gasteiger partial charge in [-0.2, -0.15) is 0 Å². The van der Waals surface area contributed by atoms with Crippen molar-refractivity contribution in [1.82, 2.24) is 0 Å². The van der Waals surface area contributed by atoms with Crippen molar-refractivity contribution in [3.63, 3.8) is 0 Å². The minimum Gasteiger partial charge on any atom is -0.399 e. The molecule has 96 valence electrons. The van der Waals surface area contributed by atoms with E-state index in [0.717, 1.165) is 16.6 Å². The zero-order valence-electron chi connectivity index (χ0n) is 11.7. The summed E-state index contributed by atoms with van der Waals surface area (Å²) in [6.45, 7) is 10.1. The molecule has 4 heteroatoms. The van der Waals surface area contributed by atoms with Crippen molar-refractivity contribution in [2.45, 2.75) is 45.8 Å². The van der Waals surface area contributed by atoms with Gasteiger partial charge in [-0.3, -0.25) is 0 Å². The minimum absolute atomic E-state index is 0.347. The normalized spacial score (nSPS) is 21.1. The van der Waals surface area contributed by atoms with E-state index in [-0.39, 0.29) is 11.2 Å². The molecule has 1 saturated heterocycles. The maximum atomic E-state index is 7.55. The van der Waals surface area contributed by atoms with Gasteiger partial charge in [0.05, 0.1) is 11.2 Å². The molecule has 0 radical (unpaired) electrons. The number of nitrogens with one attached hydrogen (secondary N) is 1. The molecule has 0 aliphatic carbocycles. The third kappa shape index (κ3) is 2.00. The maximum absolute atomic E-state index is 7.55. The van der Waals surface area contributed by atoms with Gasteiger partial charge in [0, 0.05) is 6.21 Å². The summed E-state index contributed by atoms with van der Waals surface area (Å²) >= 11 is 0. The van der Waals surface area contributed by atoms with Crippen LogP contribution >= 0.6 is 0 Å². The average molecular weight is 245 g/mol. The van der Waals surface area contributed by atoms with Crippen molar-refractivity contribution >= 4 is 18.8 Å². The molecule has 0 spiro atoms. The molecule has 18 heavy (non-hydrogen) atoms. The van der Waals surface area contributed by atoms with E-state index in [9.17, 15) is 0 Å². The van der Waals surface area contributed by atoms with E-state index in [2.05, 4.69) is 0 Å². The van der Waals surface area contributed by atoms with E-state index in [0.29, 0.717) is 0 Å². The van der Waals surface area contributed by atoms with Gasteiger partial charge >= 0.3 is 7.12 Å². The van der Waals surface area contributed by atoms with Crippen LogP contribution in [0.5, 0.6) is 0 Å². The SMILES string of the molecule is Cc1cccc(B2OC(C)(C)C(C)(C)O2)c1C=N. The number of rotatable bonds is 2. The smallest absolute Gasteiger partial charge is 0.399 e. The van der Waals surface area contributed by atoms with Gasteiger partial charge in [0.1, 0.15) is 0 Å². The Bertz CT molecular complexity index is 467. The summed E-state index contributed by atoms with van der Waals surface area (Å²) in [6.07, 6.45) is 1.37. The summed E-state index contributed by atoms with van der Waals surface area (Å²) in [6, 6.07) is 5.94. The molecule has 1 heterocycles. The van der Waals surface area contributed by atoms with Crippen LogP contribution in [-0.4, -0.2) is 24.5 Å². The third-order valence-electron chi connectivity index (χ3n) is 4.01. The standard InChI is InChI=1S/C14H20BNO2/c1-10-7-6-8-12(11(10)9-16)15-17-13(2,3)14(4,5)18-15/h6-9,16H,1-5H3. The second-order valence-electron chi connectivity index (χ2n) is 5.81. The predicted molar refractivity (Wildman–Crippen MR) is 74.8 cm³/mol. The van der Waals surface area contributed by atoms with Gasteiger partial charge in [-0.15, -0.1) is 0 Å².